The normalized spacial score (nSPS) is 17.0. The molecule has 6 heteroatoms. The third-order valence-corrected chi connectivity index (χ3v) is 7.24. The van der Waals surface area contributed by atoms with Gasteiger partial charge in [-0.3, -0.25) is 4.79 Å². The van der Waals surface area contributed by atoms with Crippen LogP contribution in [-0.4, -0.2) is 42.0 Å². The number of nitrogens with zero attached hydrogens (tertiary/aromatic N) is 2. The van der Waals surface area contributed by atoms with E-state index in [1.165, 1.54) is 5.56 Å². The van der Waals surface area contributed by atoms with E-state index in [-0.39, 0.29) is 11.9 Å². The number of hydrogen-bond donors (Lipinski definition) is 1. The Labute approximate surface area is 223 Å². The lowest BCUT2D eigenvalue weighted by molar-refractivity contribution is 0.0868. The Morgan fingerprint density at radius 3 is 2.54 bits per heavy atom. The van der Waals surface area contributed by atoms with Crippen LogP contribution in [0.1, 0.15) is 35.7 Å². The predicted octanol–water partition coefficient (Wildman–Crippen LogP) is 6.59. The van der Waals surface area contributed by atoms with Gasteiger partial charge in [0.2, 0.25) is 0 Å². The van der Waals surface area contributed by atoms with E-state index in [1.54, 1.807) is 0 Å². The van der Waals surface area contributed by atoms with Gasteiger partial charge in [0.05, 0.1) is 28.4 Å². The van der Waals surface area contributed by atoms with Crippen LogP contribution in [0.15, 0.2) is 78.9 Å². The van der Waals surface area contributed by atoms with Crippen LogP contribution in [0.4, 0.5) is 0 Å². The number of ether oxygens (including phenoxy) is 1. The molecule has 1 aliphatic rings. The van der Waals surface area contributed by atoms with Crippen molar-refractivity contribution in [3.8, 4) is 17.0 Å². The lowest BCUT2D eigenvalue weighted by Gasteiger charge is -2.38. The van der Waals surface area contributed by atoms with Crippen molar-refractivity contribution >= 4 is 28.4 Å². The van der Waals surface area contributed by atoms with Gasteiger partial charge in [0, 0.05) is 30.1 Å². The van der Waals surface area contributed by atoms with Crippen molar-refractivity contribution in [2.75, 3.05) is 20.2 Å². The molecule has 0 radical (unpaired) electrons. The maximum absolute atomic E-state index is 13.5. The van der Waals surface area contributed by atoms with E-state index in [2.05, 4.69) is 41.5 Å². The standard InChI is InChI=1S/C31H32ClN3O2/c1-3-37-25-14-12-23(13-15-25)29-18-27(26-10-7-11-28(32)30(26)34-29)31(36)33-24-16-22(17-24)20-35(2)19-21-8-5-4-6-9-21/h4-15,18,22,24H,3,16-17,19-20H2,1-2H3,(H,33,36). The molecule has 1 fully saturated rings. The summed E-state index contributed by atoms with van der Waals surface area (Å²) >= 11 is 6.51. The van der Waals surface area contributed by atoms with Gasteiger partial charge in [-0.05, 0) is 74.7 Å². The summed E-state index contributed by atoms with van der Waals surface area (Å²) in [7, 11) is 2.16. The van der Waals surface area contributed by atoms with Crippen LogP contribution in [0.5, 0.6) is 5.75 Å². The van der Waals surface area contributed by atoms with Crippen LogP contribution in [0.25, 0.3) is 22.2 Å². The number of para-hydroxylation sites is 1. The van der Waals surface area contributed by atoms with Crippen molar-refractivity contribution in [2.45, 2.75) is 32.4 Å². The smallest absolute Gasteiger partial charge is 0.252 e. The number of carbonyl (C=O) groups excluding carboxylic acids is 1. The Morgan fingerprint density at radius 1 is 1.05 bits per heavy atom. The van der Waals surface area contributed by atoms with E-state index in [9.17, 15) is 4.79 Å². The zero-order valence-corrected chi connectivity index (χ0v) is 22.0. The summed E-state index contributed by atoms with van der Waals surface area (Å²) in [5.41, 5.74) is 4.17. The summed E-state index contributed by atoms with van der Waals surface area (Å²) in [6.45, 7) is 4.53. The first-order valence-corrected chi connectivity index (χ1v) is 13.2. The number of fused-ring (bicyclic) bond motifs is 1. The van der Waals surface area contributed by atoms with Crippen LogP contribution in [0.3, 0.4) is 0 Å². The Morgan fingerprint density at radius 2 is 1.81 bits per heavy atom. The average Bonchev–Trinajstić information content (AvgIpc) is 2.88. The monoisotopic (exact) mass is 513 g/mol. The Balaban J connectivity index is 1.28. The third kappa shape index (κ3) is 5.95. The molecule has 1 saturated carbocycles. The molecule has 5 rings (SSSR count). The molecule has 1 amide bonds. The molecule has 0 aliphatic heterocycles. The van der Waals surface area contributed by atoms with E-state index in [1.807, 2.05) is 61.5 Å². The molecule has 1 aromatic heterocycles. The number of rotatable bonds is 9. The van der Waals surface area contributed by atoms with Gasteiger partial charge in [0.1, 0.15) is 5.75 Å². The molecule has 190 valence electrons. The third-order valence-electron chi connectivity index (χ3n) is 6.93. The zero-order valence-electron chi connectivity index (χ0n) is 21.3. The number of amides is 1. The van der Waals surface area contributed by atoms with Crippen molar-refractivity contribution in [3.63, 3.8) is 0 Å². The summed E-state index contributed by atoms with van der Waals surface area (Å²) in [6.07, 6.45) is 1.97. The highest BCUT2D eigenvalue weighted by molar-refractivity contribution is 6.35. The van der Waals surface area contributed by atoms with Gasteiger partial charge in [-0.2, -0.15) is 0 Å². The maximum Gasteiger partial charge on any atom is 0.252 e. The fraction of sp³-hybridized carbons (Fsp3) is 0.290. The summed E-state index contributed by atoms with van der Waals surface area (Å²) in [6, 6.07) is 25.9. The minimum absolute atomic E-state index is 0.0806. The van der Waals surface area contributed by atoms with E-state index in [0.717, 1.165) is 42.6 Å². The lowest BCUT2D eigenvalue weighted by Crippen LogP contribution is -2.47. The summed E-state index contributed by atoms with van der Waals surface area (Å²) in [5, 5.41) is 4.55. The molecule has 1 N–H and O–H groups in total. The Hall–Kier alpha value is -3.41. The second-order valence-corrected chi connectivity index (χ2v) is 10.2. The van der Waals surface area contributed by atoms with E-state index >= 15 is 0 Å². The molecular weight excluding hydrogens is 482 g/mol. The number of benzene rings is 3. The van der Waals surface area contributed by atoms with Gasteiger partial charge >= 0.3 is 0 Å². The fourth-order valence-corrected chi connectivity index (χ4v) is 5.32. The van der Waals surface area contributed by atoms with Gasteiger partial charge in [0.25, 0.3) is 5.91 Å². The number of nitrogens with one attached hydrogen (secondary N) is 1. The number of halogens is 1. The number of pyridine rings is 1. The van der Waals surface area contributed by atoms with Crippen molar-refractivity contribution in [3.05, 3.63) is 95.0 Å². The molecule has 37 heavy (non-hydrogen) atoms. The Kier molecular flexibility index (Phi) is 7.73. The molecule has 1 aliphatic carbocycles. The summed E-state index contributed by atoms with van der Waals surface area (Å²) in [4.78, 5) is 20.6. The largest absolute Gasteiger partial charge is 0.494 e. The molecule has 1 heterocycles. The van der Waals surface area contributed by atoms with Crippen molar-refractivity contribution < 1.29 is 9.53 Å². The average molecular weight is 514 g/mol. The first kappa shape index (κ1) is 25.2. The molecule has 0 atom stereocenters. The fourth-order valence-electron chi connectivity index (χ4n) is 5.10. The topological polar surface area (TPSA) is 54.5 Å². The van der Waals surface area contributed by atoms with Crippen molar-refractivity contribution in [2.24, 2.45) is 5.92 Å². The number of aromatic nitrogens is 1. The number of hydrogen-bond acceptors (Lipinski definition) is 4. The molecule has 0 spiro atoms. The summed E-state index contributed by atoms with van der Waals surface area (Å²) < 4.78 is 5.56. The van der Waals surface area contributed by atoms with Gasteiger partial charge < -0.3 is 15.0 Å². The molecule has 0 unspecified atom stereocenters. The van der Waals surface area contributed by atoms with E-state index < -0.39 is 0 Å². The highest BCUT2D eigenvalue weighted by Gasteiger charge is 2.31. The van der Waals surface area contributed by atoms with Crippen LogP contribution in [0, 0.1) is 5.92 Å². The molecule has 0 bridgehead atoms. The molecule has 5 nitrogen and oxygen atoms in total. The minimum atomic E-state index is -0.0806. The Bertz CT molecular complexity index is 1370. The summed E-state index contributed by atoms with van der Waals surface area (Å²) in [5.74, 6) is 1.31. The van der Waals surface area contributed by atoms with Crippen LogP contribution < -0.4 is 10.1 Å². The first-order chi connectivity index (χ1) is 18.0. The van der Waals surface area contributed by atoms with Gasteiger partial charge in [-0.15, -0.1) is 0 Å². The SMILES string of the molecule is CCOc1ccc(-c2cc(C(=O)NC3CC(CN(C)Cc4ccccc4)C3)c3cccc(Cl)c3n2)cc1. The minimum Gasteiger partial charge on any atom is -0.494 e. The lowest BCUT2D eigenvalue weighted by atomic mass is 9.79. The van der Waals surface area contributed by atoms with Crippen molar-refractivity contribution in [1.82, 2.24) is 15.2 Å². The first-order valence-electron chi connectivity index (χ1n) is 12.9. The molecule has 0 saturated heterocycles. The second kappa shape index (κ2) is 11.3. The highest BCUT2D eigenvalue weighted by Crippen LogP contribution is 2.32. The molecule has 3 aromatic carbocycles. The van der Waals surface area contributed by atoms with Crippen LogP contribution in [-0.2, 0) is 6.54 Å². The predicted molar refractivity (Wildman–Crippen MR) is 150 cm³/mol. The quantitative estimate of drug-likeness (QED) is 0.274. The molecule has 4 aromatic rings. The number of carbonyl (C=O) groups is 1. The van der Waals surface area contributed by atoms with Gasteiger partial charge in [-0.1, -0.05) is 54.1 Å². The van der Waals surface area contributed by atoms with Gasteiger partial charge in [-0.25, -0.2) is 4.98 Å². The zero-order chi connectivity index (χ0) is 25.8. The van der Waals surface area contributed by atoms with E-state index in [0.29, 0.717) is 34.3 Å². The van der Waals surface area contributed by atoms with E-state index in [4.69, 9.17) is 21.3 Å². The van der Waals surface area contributed by atoms with Crippen LogP contribution in [0.2, 0.25) is 5.02 Å². The molecular formula is C31H32ClN3O2. The van der Waals surface area contributed by atoms with Crippen LogP contribution >= 0.6 is 11.6 Å². The second-order valence-electron chi connectivity index (χ2n) is 9.84. The maximum atomic E-state index is 13.5. The van der Waals surface area contributed by atoms with Crippen molar-refractivity contribution in [1.29, 1.82) is 0 Å². The highest BCUT2D eigenvalue weighted by atomic mass is 35.5. The van der Waals surface area contributed by atoms with Gasteiger partial charge in [0.15, 0.2) is 0 Å².